The largest absolute Gasteiger partial charge is 0.462 e. The van der Waals surface area contributed by atoms with E-state index in [1.165, 1.54) is 24.5 Å². The highest BCUT2D eigenvalue weighted by molar-refractivity contribution is 7.23. The fourth-order valence-corrected chi connectivity index (χ4v) is 8.75. The van der Waals surface area contributed by atoms with Crippen LogP contribution >= 0.6 is 22.9 Å². The van der Waals surface area contributed by atoms with Crippen LogP contribution in [-0.2, 0) is 18.3 Å². The highest BCUT2D eigenvalue weighted by Crippen LogP contribution is 2.51. The van der Waals surface area contributed by atoms with Crippen LogP contribution < -0.4 is 15.8 Å². The van der Waals surface area contributed by atoms with E-state index in [2.05, 4.69) is 26.4 Å². The number of nitrogens with two attached hydrogens (primary N) is 1. The zero-order valence-corrected chi connectivity index (χ0v) is 27.6. The summed E-state index contributed by atoms with van der Waals surface area (Å²) >= 11 is 7.91. The number of hydrogen-bond acceptors (Lipinski definition) is 11. The Balaban J connectivity index is 1.30. The summed E-state index contributed by atoms with van der Waals surface area (Å²) in [5, 5.41) is 27.2. The van der Waals surface area contributed by atoms with Gasteiger partial charge in [0.1, 0.15) is 48.2 Å². The second-order valence-electron chi connectivity index (χ2n) is 12.4. The Kier molecular flexibility index (Phi) is 7.40. The molecular formula is C33H27ClF3N9O2S. The number of fused-ring (bicyclic) bond motifs is 2. The SMILES string of the molecule is Cn1ncc(C#N)c1CN1C=C(OC[C@@]23CCCN2C[C@H](F)C3)Oc2c(F)c(-c3ccc(F)c4sc(N)c(C#N)c34)c(Cl)c3c2C1=NCN3. The van der Waals surface area contributed by atoms with Crippen molar-refractivity contribution in [2.45, 2.75) is 37.5 Å². The molecule has 6 heterocycles. The lowest BCUT2D eigenvalue weighted by Gasteiger charge is -2.31. The summed E-state index contributed by atoms with van der Waals surface area (Å²) in [6.45, 7) is 1.30. The number of halogens is 4. The minimum atomic E-state index is -0.986. The zero-order valence-electron chi connectivity index (χ0n) is 26.0. The molecule has 0 aliphatic carbocycles. The number of nitrogens with zero attached hydrogens (tertiary/aromatic N) is 7. The van der Waals surface area contributed by atoms with E-state index in [0.717, 1.165) is 30.7 Å². The maximum absolute atomic E-state index is 17.2. The molecule has 49 heavy (non-hydrogen) atoms. The quantitative estimate of drug-likeness (QED) is 0.248. The molecule has 4 aromatic rings. The lowest BCUT2D eigenvalue weighted by atomic mass is 9.94. The number of nitrogen functional groups attached to an aromatic ring is 1. The van der Waals surface area contributed by atoms with Crippen LogP contribution in [0.15, 0.2) is 35.5 Å². The molecule has 2 fully saturated rings. The Bertz CT molecular complexity index is 2220. The van der Waals surface area contributed by atoms with Gasteiger partial charge in [-0.2, -0.15) is 15.6 Å². The predicted octanol–water partition coefficient (Wildman–Crippen LogP) is 5.98. The summed E-state index contributed by atoms with van der Waals surface area (Å²) < 4.78 is 61.1. The number of thiophene rings is 1. The number of amidine groups is 1. The molecule has 16 heteroatoms. The number of alkyl halides is 1. The molecule has 3 N–H and O–H groups in total. The topological polar surface area (TPSA) is 141 Å². The van der Waals surface area contributed by atoms with Crippen LogP contribution in [0.25, 0.3) is 21.2 Å². The molecule has 8 rings (SSSR count). The molecule has 2 aromatic heterocycles. The molecule has 250 valence electrons. The molecule has 0 spiro atoms. The van der Waals surface area contributed by atoms with Crippen molar-refractivity contribution in [3.05, 3.63) is 69.5 Å². The Morgan fingerprint density at radius 2 is 2.10 bits per heavy atom. The number of benzene rings is 2. The number of anilines is 2. The van der Waals surface area contributed by atoms with Crippen LogP contribution in [0.2, 0.25) is 5.02 Å². The number of aromatic nitrogens is 2. The van der Waals surface area contributed by atoms with Crippen LogP contribution in [0.1, 0.15) is 41.6 Å². The normalized spacial score (nSPS) is 21.2. The van der Waals surface area contributed by atoms with Gasteiger partial charge in [0, 0.05) is 31.0 Å². The van der Waals surface area contributed by atoms with E-state index in [-0.39, 0.29) is 79.7 Å². The van der Waals surface area contributed by atoms with Gasteiger partial charge in [0.05, 0.1) is 62.3 Å². The maximum atomic E-state index is 17.2. The third kappa shape index (κ3) is 4.79. The molecule has 0 unspecified atom stereocenters. The van der Waals surface area contributed by atoms with Crippen molar-refractivity contribution in [3.63, 3.8) is 0 Å². The predicted molar refractivity (Wildman–Crippen MR) is 178 cm³/mol. The van der Waals surface area contributed by atoms with Gasteiger partial charge >= 0.3 is 5.95 Å². The number of nitrogens with one attached hydrogen (secondary N) is 1. The summed E-state index contributed by atoms with van der Waals surface area (Å²) in [6, 6.07) is 6.69. The molecule has 0 saturated carbocycles. The van der Waals surface area contributed by atoms with Gasteiger partial charge in [-0.15, -0.1) is 11.3 Å². The van der Waals surface area contributed by atoms with Gasteiger partial charge in [-0.25, -0.2) is 18.2 Å². The summed E-state index contributed by atoms with van der Waals surface area (Å²) in [5.74, 6) is -1.59. The van der Waals surface area contributed by atoms with E-state index < -0.39 is 23.3 Å². The number of nitriles is 2. The molecular weight excluding hydrogens is 679 g/mol. The lowest BCUT2D eigenvalue weighted by molar-refractivity contribution is 0.0260. The molecule has 4 aliphatic rings. The van der Waals surface area contributed by atoms with E-state index in [1.54, 1.807) is 16.6 Å². The first kappa shape index (κ1) is 31.3. The van der Waals surface area contributed by atoms with E-state index in [4.69, 9.17) is 26.8 Å². The molecule has 4 aliphatic heterocycles. The summed E-state index contributed by atoms with van der Waals surface area (Å²) in [5.41, 5.74) is 6.95. The van der Waals surface area contributed by atoms with Crippen LogP contribution in [0.3, 0.4) is 0 Å². The molecule has 2 atom stereocenters. The second-order valence-corrected chi connectivity index (χ2v) is 13.9. The lowest BCUT2D eigenvalue weighted by Crippen LogP contribution is -2.42. The Labute approximate surface area is 287 Å². The van der Waals surface area contributed by atoms with Crippen molar-refractivity contribution >= 4 is 49.5 Å². The molecule has 0 amide bonds. The summed E-state index contributed by atoms with van der Waals surface area (Å²) in [6.07, 6.45) is 3.95. The van der Waals surface area contributed by atoms with Crippen LogP contribution in [0.5, 0.6) is 5.75 Å². The molecule has 0 bridgehead atoms. The first-order valence-electron chi connectivity index (χ1n) is 15.5. The number of aliphatic imine (C=N–C) groups is 1. The van der Waals surface area contributed by atoms with Gasteiger partial charge in [0.25, 0.3) is 0 Å². The van der Waals surface area contributed by atoms with Crippen molar-refractivity contribution in [2.24, 2.45) is 12.0 Å². The number of rotatable bonds is 6. The Morgan fingerprint density at radius 1 is 1.27 bits per heavy atom. The van der Waals surface area contributed by atoms with E-state index in [9.17, 15) is 19.3 Å². The zero-order chi connectivity index (χ0) is 34.2. The fraction of sp³-hybridized carbons (Fsp3) is 0.333. The molecule has 0 radical (unpaired) electrons. The smallest absolute Gasteiger partial charge is 0.302 e. The van der Waals surface area contributed by atoms with E-state index >= 15 is 4.39 Å². The van der Waals surface area contributed by atoms with Crippen molar-refractivity contribution in [3.8, 4) is 29.0 Å². The van der Waals surface area contributed by atoms with Gasteiger partial charge in [0.15, 0.2) is 11.6 Å². The third-order valence-electron chi connectivity index (χ3n) is 9.72. The van der Waals surface area contributed by atoms with Gasteiger partial charge < -0.3 is 25.4 Å². The van der Waals surface area contributed by atoms with E-state index in [1.807, 2.05) is 6.07 Å². The highest BCUT2D eigenvalue weighted by Gasteiger charge is 2.49. The fourth-order valence-electron chi connectivity index (χ4n) is 7.46. The average molecular weight is 706 g/mol. The number of ether oxygens (including phenoxy) is 2. The standard InChI is InChI=1S/C33H27ClF3N9O2S/c1-44-21(16(8-38)10-43-44)12-45-13-22(47-14-33-5-2-6-46(33)11-17(35)7-33)48-29-25-28(41-15-42-32(25)45)26(34)24(27(29)37)18-3-4-20(36)30-23(18)19(9-39)31(40)49-30/h3-4,10,13,17,41H,2,5-7,11-12,14-15,40H2,1H3/t17-,33+/m1/s1. The van der Waals surface area contributed by atoms with Gasteiger partial charge in [-0.3, -0.25) is 9.58 Å². The van der Waals surface area contributed by atoms with Gasteiger partial charge in [-0.1, -0.05) is 17.7 Å². The summed E-state index contributed by atoms with van der Waals surface area (Å²) in [7, 11) is 1.70. The third-order valence-corrected chi connectivity index (χ3v) is 11.1. The van der Waals surface area contributed by atoms with Crippen molar-refractivity contribution in [1.82, 2.24) is 19.6 Å². The number of aryl methyl sites for hydroxylation is 1. The van der Waals surface area contributed by atoms with Crippen LogP contribution in [0, 0.1) is 34.3 Å². The van der Waals surface area contributed by atoms with Gasteiger partial charge in [0.2, 0.25) is 0 Å². The minimum Gasteiger partial charge on any atom is -0.462 e. The highest BCUT2D eigenvalue weighted by atomic mass is 35.5. The van der Waals surface area contributed by atoms with Crippen molar-refractivity contribution < 1.29 is 22.6 Å². The minimum absolute atomic E-state index is 0.00681. The monoisotopic (exact) mass is 705 g/mol. The van der Waals surface area contributed by atoms with E-state index in [0.29, 0.717) is 29.9 Å². The first-order chi connectivity index (χ1) is 23.6. The molecule has 2 saturated heterocycles. The molecule has 11 nitrogen and oxygen atoms in total. The van der Waals surface area contributed by atoms with Crippen LogP contribution in [0.4, 0.5) is 23.9 Å². The Morgan fingerprint density at radius 3 is 2.90 bits per heavy atom. The average Bonchev–Trinajstić information content (AvgIpc) is 3.79. The van der Waals surface area contributed by atoms with Crippen molar-refractivity contribution in [1.29, 1.82) is 10.5 Å². The van der Waals surface area contributed by atoms with Crippen LogP contribution in [-0.4, -0.2) is 63.5 Å². The number of hydrogen-bond donors (Lipinski definition) is 2. The van der Waals surface area contributed by atoms with Gasteiger partial charge in [-0.05, 0) is 31.0 Å². The Hall–Kier alpha value is -4.96. The molecule has 2 aromatic carbocycles. The first-order valence-corrected chi connectivity index (χ1v) is 16.7. The second kappa shape index (κ2) is 11.6. The van der Waals surface area contributed by atoms with Crippen molar-refractivity contribution in [2.75, 3.05) is 37.4 Å². The maximum Gasteiger partial charge on any atom is 0.302 e. The summed E-state index contributed by atoms with van der Waals surface area (Å²) in [4.78, 5) is 8.44.